The minimum absolute atomic E-state index is 0.0146. The van der Waals surface area contributed by atoms with Crippen molar-refractivity contribution in [3.63, 3.8) is 0 Å². The van der Waals surface area contributed by atoms with Crippen molar-refractivity contribution in [3.05, 3.63) is 75.1 Å². The van der Waals surface area contributed by atoms with E-state index >= 15 is 0 Å². The molecule has 2 aromatic carbocycles. The quantitative estimate of drug-likeness (QED) is 0.611. The second kappa shape index (κ2) is 7.70. The highest BCUT2D eigenvalue weighted by molar-refractivity contribution is 6.42. The van der Waals surface area contributed by atoms with E-state index in [1.807, 2.05) is 37.3 Å². The van der Waals surface area contributed by atoms with E-state index in [4.69, 9.17) is 38.4 Å². The van der Waals surface area contributed by atoms with Crippen LogP contribution in [0.4, 0.5) is 0 Å². The van der Waals surface area contributed by atoms with Crippen LogP contribution in [0.1, 0.15) is 24.0 Å². The molecule has 3 aromatic rings. The van der Waals surface area contributed by atoms with Gasteiger partial charge in [-0.2, -0.15) is 5.26 Å². The van der Waals surface area contributed by atoms with Gasteiger partial charge in [0.15, 0.2) is 0 Å². The van der Waals surface area contributed by atoms with Crippen molar-refractivity contribution in [1.29, 1.82) is 5.26 Å². The summed E-state index contributed by atoms with van der Waals surface area (Å²) in [5.74, 6) is 0.602. The molecule has 1 atom stereocenters. The second-order valence-electron chi connectivity index (χ2n) is 6.37. The lowest BCUT2D eigenvalue weighted by Gasteiger charge is -2.24. The van der Waals surface area contributed by atoms with E-state index in [0.29, 0.717) is 28.1 Å². The predicted octanol–water partition coefficient (Wildman–Crippen LogP) is 5.00. The van der Waals surface area contributed by atoms with E-state index in [1.54, 1.807) is 12.1 Å². The maximum absolute atomic E-state index is 9.76. The fourth-order valence-electron chi connectivity index (χ4n) is 3.37. The zero-order chi connectivity index (χ0) is 20.5. The third-order valence-corrected chi connectivity index (χ3v) is 5.41. The zero-order valence-electron chi connectivity index (χ0n) is 15.4. The summed E-state index contributed by atoms with van der Waals surface area (Å²) in [6.45, 7) is 2.51. The molecule has 0 spiro atoms. The lowest BCUT2D eigenvalue weighted by atomic mass is 9.83. The Balaban J connectivity index is 1.87. The van der Waals surface area contributed by atoms with Crippen LogP contribution in [0.3, 0.4) is 0 Å². The van der Waals surface area contributed by atoms with Crippen molar-refractivity contribution < 1.29 is 9.47 Å². The first-order valence-electron chi connectivity index (χ1n) is 8.87. The van der Waals surface area contributed by atoms with Crippen LogP contribution in [0.5, 0.6) is 11.6 Å². The molecule has 8 heteroatoms. The monoisotopic (exact) mass is 426 g/mol. The number of nitrogens with zero attached hydrogens (tertiary/aromatic N) is 2. The van der Waals surface area contributed by atoms with E-state index in [0.717, 1.165) is 22.6 Å². The summed E-state index contributed by atoms with van der Waals surface area (Å²) in [4.78, 5) is 0. The summed E-state index contributed by atoms with van der Waals surface area (Å²) < 4.78 is 11.1. The number of allylic oxidation sites excluding steroid dienone is 1. The molecule has 0 unspecified atom stereocenters. The van der Waals surface area contributed by atoms with Gasteiger partial charge in [0.25, 0.3) is 0 Å². The maximum atomic E-state index is 9.76. The van der Waals surface area contributed by atoms with Gasteiger partial charge >= 0.3 is 0 Å². The molecule has 1 aliphatic heterocycles. The van der Waals surface area contributed by atoms with Crippen LogP contribution in [-0.2, 0) is 0 Å². The van der Waals surface area contributed by atoms with Crippen molar-refractivity contribution in [3.8, 4) is 29.0 Å². The van der Waals surface area contributed by atoms with Crippen LogP contribution in [-0.4, -0.2) is 16.8 Å². The van der Waals surface area contributed by atoms with Gasteiger partial charge in [-0.3, -0.25) is 5.10 Å². The third-order valence-electron chi connectivity index (χ3n) is 4.67. The van der Waals surface area contributed by atoms with Crippen LogP contribution in [0.25, 0.3) is 11.3 Å². The first-order valence-corrected chi connectivity index (χ1v) is 9.63. The fraction of sp³-hybridized carbons (Fsp3) is 0.143. The number of rotatable bonds is 4. The Morgan fingerprint density at radius 1 is 1.21 bits per heavy atom. The average Bonchev–Trinajstić information content (AvgIpc) is 3.13. The van der Waals surface area contributed by atoms with Crippen molar-refractivity contribution in [2.45, 2.75) is 12.8 Å². The van der Waals surface area contributed by atoms with Crippen LogP contribution >= 0.6 is 23.2 Å². The first kappa shape index (κ1) is 19.2. The maximum Gasteiger partial charge on any atom is 0.244 e. The molecule has 3 N–H and O–H groups in total. The van der Waals surface area contributed by atoms with Gasteiger partial charge in [-0.25, -0.2) is 0 Å². The van der Waals surface area contributed by atoms with Gasteiger partial charge in [-0.15, -0.1) is 5.10 Å². The van der Waals surface area contributed by atoms with Crippen LogP contribution in [0.15, 0.2) is 53.9 Å². The van der Waals surface area contributed by atoms with Crippen LogP contribution in [0, 0.1) is 11.3 Å². The van der Waals surface area contributed by atoms with Gasteiger partial charge in [-0.1, -0.05) is 29.3 Å². The lowest BCUT2D eigenvalue weighted by molar-refractivity contribution is 0.340. The summed E-state index contributed by atoms with van der Waals surface area (Å²) in [5.41, 5.74) is 9.35. The predicted molar refractivity (Wildman–Crippen MR) is 111 cm³/mol. The molecule has 0 radical (unpaired) electrons. The second-order valence-corrected chi connectivity index (χ2v) is 7.19. The molecule has 4 rings (SSSR count). The fourth-order valence-corrected chi connectivity index (χ4v) is 3.68. The number of nitrogens with two attached hydrogens (primary N) is 1. The molecule has 0 aliphatic carbocycles. The number of hydrogen-bond donors (Lipinski definition) is 2. The number of nitrogens with one attached hydrogen (secondary N) is 1. The first-order chi connectivity index (χ1) is 14.0. The Morgan fingerprint density at radius 3 is 2.62 bits per heavy atom. The van der Waals surface area contributed by atoms with E-state index in [-0.39, 0.29) is 11.5 Å². The summed E-state index contributed by atoms with van der Waals surface area (Å²) in [6.07, 6.45) is 0. The SMILES string of the molecule is CCOc1ccc(-c2[nH]nc3c2[C@@H](c2ccc(Cl)c(Cl)c2)C(C#N)=C(N)O3)cc1. The number of H-pyrrole nitrogens is 1. The Morgan fingerprint density at radius 2 is 1.97 bits per heavy atom. The van der Waals surface area contributed by atoms with Crippen molar-refractivity contribution in [1.82, 2.24) is 10.2 Å². The molecule has 146 valence electrons. The highest BCUT2D eigenvalue weighted by Gasteiger charge is 2.35. The number of hydrogen-bond acceptors (Lipinski definition) is 5. The molecule has 29 heavy (non-hydrogen) atoms. The normalized spacial score (nSPS) is 15.4. The summed E-state index contributed by atoms with van der Waals surface area (Å²) in [7, 11) is 0. The molecular formula is C21H16Cl2N4O2. The molecule has 1 aliphatic rings. The molecule has 2 heterocycles. The van der Waals surface area contributed by atoms with Gasteiger partial charge in [0.1, 0.15) is 17.4 Å². The number of aromatic nitrogens is 2. The van der Waals surface area contributed by atoms with Gasteiger partial charge in [0.2, 0.25) is 11.8 Å². The smallest absolute Gasteiger partial charge is 0.244 e. The minimum Gasteiger partial charge on any atom is -0.494 e. The molecule has 0 saturated carbocycles. The molecule has 0 amide bonds. The van der Waals surface area contributed by atoms with Crippen LogP contribution in [0.2, 0.25) is 10.0 Å². The number of halogens is 2. The van der Waals surface area contributed by atoms with Crippen LogP contribution < -0.4 is 15.2 Å². The Kier molecular flexibility index (Phi) is 5.10. The van der Waals surface area contributed by atoms with E-state index in [2.05, 4.69) is 16.3 Å². The van der Waals surface area contributed by atoms with Crippen molar-refractivity contribution in [2.24, 2.45) is 5.73 Å². The number of fused-ring (bicyclic) bond motifs is 1. The Labute approximate surface area is 177 Å². The molecule has 6 nitrogen and oxygen atoms in total. The summed E-state index contributed by atoms with van der Waals surface area (Å²) in [5, 5.41) is 17.9. The average molecular weight is 427 g/mol. The number of benzene rings is 2. The number of nitriles is 1. The Hall–Kier alpha value is -3.14. The largest absolute Gasteiger partial charge is 0.494 e. The van der Waals surface area contributed by atoms with Crippen molar-refractivity contribution in [2.75, 3.05) is 6.61 Å². The summed E-state index contributed by atoms with van der Waals surface area (Å²) in [6, 6.07) is 15.0. The highest BCUT2D eigenvalue weighted by atomic mass is 35.5. The zero-order valence-corrected chi connectivity index (χ0v) is 16.9. The van der Waals surface area contributed by atoms with Gasteiger partial charge < -0.3 is 15.2 Å². The standard InChI is InChI=1S/C21H16Cl2N4O2/c1-2-28-13-6-3-11(4-7-13)19-18-17(12-5-8-15(22)16(23)9-12)14(10-24)20(25)29-21(18)27-26-19/h3-9,17H,2,25H2,1H3,(H,26,27)/t17-/m0/s1. The molecular weight excluding hydrogens is 411 g/mol. The molecule has 1 aromatic heterocycles. The van der Waals surface area contributed by atoms with E-state index in [1.165, 1.54) is 0 Å². The summed E-state index contributed by atoms with van der Waals surface area (Å²) >= 11 is 12.3. The van der Waals surface area contributed by atoms with Gasteiger partial charge in [0.05, 0.1) is 33.8 Å². The lowest BCUT2D eigenvalue weighted by Crippen LogP contribution is -2.21. The number of aromatic amines is 1. The van der Waals surface area contributed by atoms with Crippen molar-refractivity contribution >= 4 is 23.2 Å². The van der Waals surface area contributed by atoms with Gasteiger partial charge in [-0.05, 0) is 48.9 Å². The topological polar surface area (TPSA) is 97.0 Å². The third kappa shape index (κ3) is 3.39. The minimum atomic E-state index is -0.501. The van der Waals surface area contributed by atoms with Gasteiger partial charge in [0, 0.05) is 5.56 Å². The van der Waals surface area contributed by atoms with E-state index < -0.39 is 5.92 Å². The van der Waals surface area contributed by atoms with E-state index in [9.17, 15) is 5.26 Å². The number of ether oxygens (including phenoxy) is 2. The highest BCUT2D eigenvalue weighted by Crippen LogP contribution is 2.46. The Bertz CT molecular complexity index is 1150. The molecule has 0 saturated heterocycles. The molecule has 0 bridgehead atoms. The molecule has 0 fully saturated rings.